The number of fused-ring (bicyclic) bond motifs is 2. The van der Waals surface area contributed by atoms with Crippen LogP contribution in [0.2, 0.25) is 0 Å². The number of rotatable bonds is 7. The summed E-state index contributed by atoms with van der Waals surface area (Å²) >= 11 is 0. The van der Waals surface area contributed by atoms with Crippen LogP contribution in [-0.2, 0) is 13.0 Å². The molecule has 0 radical (unpaired) electrons. The molecular weight excluding hydrogens is 320 g/mol. The van der Waals surface area contributed by atoms with Gasteiger partial charge in [0.2, 0.25) is 0 Å². The molecule has 138 valence electrons. The third-order valence-corrected chi connectivity index (χ3v) is 5.89. The van der Waals surface area contributed by atoms with Gasteiger partial charge in [0.25, 0.3) is 0 Å². The predicted molar refractivity (Wildman–Crippen MR) is 106 cm³/mol. The van der Waals surface area contributed by atoms with Crippen molar-refractivity contribution >= 4 is 0 Å². The summed E-state index contributed by atoms with van der Waals surface area (Å²) in [6, 6.07) is 14.0. The van der Waals surface area contributed by atoms with Crippen LogP contribution in [0.3, 0.4) is 0 Å². The Morgan fingerprint density at radius 1 is 1.12 bits per heavy atom. The Morgan fingerprint density at radius 3 is 2.92 bits per heavy atom. The van der Waals surface area contributed by atoms with Gasteiger partial charge in [-0.2, -0.15) is 0 Å². The molecule has 4 heteroatoms. The smallest absolute Gasteiger partial charge is 0.0607 e. The number of pyridine rings is 1. The lowest BCUT2D eigenvalue weighted by molar-refractivity contribution is 0.156. The highest BCUT2D eigenvalue weighted by Gasteiger charge is 2.30. The molecule has 0 unspecified atom stereocenters. The maximum absolute atomic E-state index is 5.75. The number of aryl methyl sites for hydroxylation is 1. The van der Waals surface area contributed by atoms with Crippen LogP contribution in [0.4, 0.5) is 0 Å². The van der Waals surface area contributed by atoms with E-state index in [9.17, 15) is 0 Å². The Labute approximate surface area is 156 Å². The summed E-state index contributed by atoms with van der Waals surface area (Å²) < 4.78 is 0. The van der Waals surface area contributed by atoms with Gasteiger partial charge < -0.3 is 11.1 Å². The third-order valence-electron chi connectivity index (χ3n) is 5.89. The molecule has 0 saturated carbocycles. The van der Waals surface area contributed by atoms with E-state index in [0.29, 0.717) is 12.1 Å². The Kier molecular flexibility index (Phi) is 5.63. The first-order valence-electron chi connectivity index (χ1n) is 10.1. The van der Waals surface area contributed by atoms with E-state index < -0.39 is 0 Å². The maximum atomic E-state index is 5.75. The number of hydrogen-bond donors (Lipinski definition) is 2. The van der Waals surface area contributed by atoms with Crippen LogP contribution >= 0.6 is 0 Å². The SMILES string of the molecule is NCCCCN(C[C@H]1NCc2ccccc21)[C@H]1CCCc2cccnc21. The van der Waals surface area contributed by atoms with Gasteiger partial charge in [-0.3, -0.25) is 9.88 Å². The molecule has 26 heavy (non-hydrogen) atoms. The summed E-state index contributed by atoms with van der Waals surface area (Å²) in [4.78, 5) is 7.45. The van der Waals surface area contributed by atoms with E-state index in [1.807, 2.05) is 6.20 Å². The largest absolute Gasteiger partial charge is 0.330 e. The number of benzene rings is 1. The van der Waals surface area contributed by atoms with E-state index in [1.165, 1.54) is 41.6 Å². The normalized spacial score (nSPS) is 21.6. The average molecular weight is 351 g/mol. The van der Waals surface area contributed by atoms with Crippen LogP contribution in [-0.4, -0.2) is 29.5 Å². The lowest BCUT2D eigenvalue weighted by Gasteiger charge is -2.36. The van der Waals surface area contributed by atoms with E-state index in [1.54, 1.807) is 0 Å². The van der Waals surface area contributed by atoms with Crippen molar-refractivity contribution in [2.45, 2.75) is 50.7 Å². The number of nitrogens with one attached hydrogen (secondary N) is 1. The predicted octanol–water partition coefficient (Wildman–Crippen LogP) is 3.34. The quantitative estimate of drug-likeness (QED) is 0.752. The molecule has 2 aliphatic rings. The molecule has 0 bridgehead atoms. The van der Waals surface area contributed by atoms with Crippen molar-refractivity contribution < 1.29 is 0 Å². The van der Waals surface area contributed by atoms with E-state index in [0.717, 1.165) is 39.0 Å². The molecule has 1 aliphatic carbocycles. The first-order valence-corrected chi connectivity index (χ1v) is 10.1. The van der Waals surface area contributed by atoms with Crippen LogP contribution in [0.1, 0.15) is 60.2 Å². The Bertz CT molecular complexity index is 730. The van der Waals surface area contributed by atoms with Crippen LogP contribution in [0, 0.1) is 0 Å². The second-order valence-electron chi connectivity index (χ2n) is 7.58. The van der Waals surface area contributed by atoms with Crippen molar-refractivity contribution in [1.82, 2.24) is 15.2 Å². The molecule has 1 aromatic heterocycles. The minimum Gasteiger partial charge on any atom is -0.330 e. The van der Waals surface area contributed by atoms with Gasteiger partial charge in [0.05, 0.1) is 11.7 Å². The van der Waals surface area contributed by atoms with Gasteiger partial charge in [-0.1, -0.05) is 30.3 Å². The van der Waals surface area contributed by atoms with Crippen molar-refractivity contribution in [3.05, 3.63) is 65.0 Å². The molecule has 2 heterocycles. The standard InChI is InChI=1S/C22H30N4/c23-12-3-4-14-26(16-20-19-10-2-1-7-18(19)15-25-20)21-11-5-8-17-9-6-13-24-22(17)21/h1-2,6-7,9-10,13,20-21,25H,3-5,8,11-12,14-16,23H2/t20-,21+/m1/s1. The van der Waals surface area contributed by atoms with Gasteiger partial charge in [0.1, 0.15) is 0 Å². The van der Waals surface area contributed by atoms with Gasteiger partial charge in [-0.25, -0.2) is 0 Å². The van der Waals surface area contributed by atoms with Crippen LogP contribution in [0.25, 0.3) is 0 Å². The molecule has 0 spiro atoms. The first-order chi connectivity index (χ1) is 12.9. The highest BCUT2D eigenvalue weighted by molar-refractivity contribution is 5.34. The first kappa shape index (κ1) is 17.7. The van der Waals surface area contributed by atoms with Crippen LogP contribution in [0.15, 0.2) is 42.6 Å². The fraction of sp³-hybridized carbons (Fsp3) is 0.500. The monoisotopic (exact) mass is 350 g/mol. The fourth-order valence-corrected chi connectivity index (χ4v) is 4.55. The molecule has 4 rings (SSSR count). The average Bonchev–Trinajstić information content (AvgIpc) is 3.10. The van der Waals surface area contributed by atoms with Crippen molar-refractivity contribution in [1.29, 1.82) is 0 Å². The number of aromatic nitrogens is 1. The number of hydrogen-bond acceptors (Lipinski definition) is 4. The van der Waals surface area contributed by atoms with Crippen molar-refractivity contribution in [2.75, 3.05) is 19.6 Å². The van der Waals surface area contributed by atoms with Gasteiger partial charge in [0, 0.05) is 25.3 Å². The van der Waals surface area contributed by atoms with E-state index in [4.69, 9.17) is 10.7 Å². The fourth-order valence-electron chi connectivity index (χ4n) is 4.55. The zero-order valence-corrected chi connectivity index (χ0v) is 15.5. The zero-order valence-electron chi connectivity index (χ0n) is 15.5. The number of nitrogens with zero attached hydrogens (tertiary/aromatic N) is 2. The minimum absolute atomic E-state index is 0.415. The molecule has 4 nitrogen and oxygen atoms in total. The summed E-state index contributed by atoms with van der Waals surface area (Å²) in [7, 11) is 0. The van der Waals surface area contributed by atoms with E-state index >= 15 is 0 Å². The van der Waals surface area contributed by atoms with Crippen LogP contribution in [0.5, 0.6) is 0 Å². The zero-order chi connectivity index (χ0) is 17.8. The Balaban J connectivity index is 1.56. The summed E-state index contributed by atoms with van der Waals surface area (Å²) in [6.07, 6.45) is 7.84. The highest BCUT2D eigenvalue weighted by Crippen LogP contribution is 2.35. The maximum Gasteiger partial charge on any atom is 0.0607 e. The summed E-state index contributed by atoms with van der Waals surface area (Å²) in [5, 5.41) is 3.72. The van der Waals surface area contributed by atoms with Crippen molar-refractivity contribution in [3.8, 4) is 0 Å². The van der Waals surface area contributed by atoms with Crippen molar-refractivity contribution in [3.63, 3.8) is 0 Å². The number of unbranched alkanes of at least 4 members (excludes halogenated alkanes) is 1. The van der Waals surface area contributed by atoms with Gasteiger partial charge >= 0.3 is 0 Å². The number of nitrogens with two attached hydrogens (primary N) is 1. The second-order valence-corrected chi connectivity index (χ2v) is 7.58. The molecule has 1 aromatic carbocycles. The molecule has 2 atom stereocenters. The lowest BCUT2D eigenvalue weighted by atomic mass is 9.90. The van der Waals surface area contributed by atoms with Gasteiger partial charge in [-0.05, 0) is 68.0 Å². The highest BCUT2D eigenvalue weighted by atomic mass is 15.2. The van der Waals surface area contributed by atoms with Crippen LogP contribution < -0.4 is 11.1 Å². The molecule has 2 aromatic rings. The van der Waals surface area contributed by atoms with Gasteiger partial charge in [0.15, 0.2) is 0 Å². The molecule has 3 N–H and O–H groups in total. The summed E-state index contributed by atoms with van der Waals surface area (Å²) in [5.74, 6) is 0. The molecule has 1 aliphatic heterocycles. The molecular formula is C22H30N4. The molecule has 0 saturated heterocycles. The van der Waals surface area contributed by atoms with Gasteiger partial charge in [-0.15, -0.1) is 0 Å². The van der Waals surface area contributed by atoms with E-state index in [-0.39, 0.29) is 0 Å². The third kappa shape index (κ3) is 3.68. The summed E-state index contributed by atoms with van der Waals surface area (Å²) in [6.45, 7) is 3.90. The Hall–Kier alpha value is -1.75. The molecule has 0 fully saturated rings. The van der Waals surface area contributed by atoms with E-state index in [2.05, 4.69) is 46.6 Å². The molecule has 0 amide bonds. The minimum atomic E-state index is 0.415. The summed E-state index contributed by atoms with van der Waals surface area (Å²) in [5.41, 5.74) is 11.4. The van der Waals surface area contributed by atoms with Crippen molar-refractivity contribution in [2.24, 2.45) is 5.73 Å². The lowest BCUT2D eigenvalue weighted by Crippen LogP contribution is -2.38. The Morgan fingerprint density at radius 2 is 2.00 bits per heavy atom. The second kappa shape index (κ2) is 8.30. The topological polar surface area (TPSA) is 54.2 Å².